The highest BCUT2D eigenvalue weighted by atomic mass is 35.5. The van der Waals surface area contributed by atoms with Gasteiger partial charge in [-0.2, -0.15) is 0 Å². The highest BCUT2D eigenvalue weighted by molar-refractivity contribution is 7.92. The molecule has 7 heteroatoms. The minimum absolute atomic E-state index is 0.0168. The van der Waals surface area contributed by atoms with Gasteiger partial charge in [-0.15, -0.1) is 0 Å². The van der Waals surface area contributed by atoms with Crippen molar-refractivity contribution in [3.8, 4) is 0 Å². The van der Waals surface area contributed by atoms with Crippen LogP contribution in [0, 0.1) is 6.92 Å². The minimum Gasteiger partial charge on any atom is -0.352 e. The van der Waals surface area contributed by atoms with E-state index in [4.69, 9.17) is 11.6 Å². The van der Waals surface area contributed by atoms with Crippen LogP contribution in [0.3, 0.4) is 0 Å². The van der Waals surface area contributed by atoms with E-state index in [0.29, 0.717) is 10.7 Å². The molecule has 0 saturated carbocycles. The largest absolute Gasteiger partial charge is 0.352 e. The summed E-state index contributed by atoms with van der Waals surface area (Å²) in [5, 5.41) is 3.23. The van der Waals surface area contributed by atoms with Crippen LogP contribution in [0.1, 0.15) is 32.8 Å². The Balaban J connectivity index is 3.25. The van der Waals surface area contributed by atoms with E-state index in [1.807, 2.05) is 13.8 Å². The highest BCUT2D eigenvalue weighted by Gasteiger charge is 2.30. The molecule has 1 aromatic carbocycles. The lowest BCUT2D eigenvalue weighted by molar-refractivity contribution is -0.122. The van der Waals surface area contributed by atoms with Crippen molar-refractivity contribution < 1.29 is 13.2 Å². The summed E-state index contributed by atoms with van der Waals surface area (Å²) >= 11 is 5.98. The Morgan fingerprint density at radius 1 is 1.36 bits per heavy atom. The molecule has 1 N–H and O–H groups in total. The lowest BCUT2D eigenvalue weighted by atomic mass is 10.1. The Hall–Kier alpha value is -1.27. The summed E-state index contributed by atoms with van der Waals surface area (Å²) in [6, 6.07) is 4.10. The minimum atomic E-state index is -3.63. The van der Waals surface area contributed by atoms with Crippen LogP contribution in [0.4, 0.5) is 5.69 Å². The molecule has 1 aromatic rings. The van der Waals surface area contributed by atoms with Gasteiger partial charge in [0.2, 0.25) is 15.9 Å². The fourth-order valence-corrected chi connectivity index (χ4v) is 3.46. The third kappa shape index (κ3) is 4.61. The molecule has 1 rings (SSSR count). The van der Waals surface area contributed by atoms with Crippen LogP contribution in [0.2, 0.25) is 5.02 Å². The molecular weight excluding hydrogens is 324 g/mol. The molecule has 0 bridgehead atoms. The number of halogens is 1. The van der Waals surface area contributed by atoms with E-state index in [0.717, 1.165) is 22.5 Å². The molecule has 0 aliphatic heterocycles. The normalized spacial score (nSPS) is 14.3. The number of sulfonamides is 1. The van der Waals surface area contributed by atoms with Gasteiger partial charge >= 0.3 is 0 Å². The van der Waals surface area contributed by atoms with Crippen molar-refractivity contribution in [2.45, 2.75) is 46.2 Å². The summed E-state index contributed by atoms with van der Waals surface area (Å²) in [5.41, 5.74) is 1.15. The highest BCUT2D eigenvalue weighted by Crippen LogP contribution is 2.28. The number of rotatable bonds is 6. The van der Waals surface area contributed by atoms with Crippen LogP contribution in [-0.4, -0.2) is 32.7 Å². The maximum absolute atomic E-state index is 12.3. The third-order valence-electron chi connectivity index (χ3n) is 3.50. The van der Waals surface area contributed by atoms with Gasteiger partial charge in [0, 0.05) is 11.1 Å². The average molecular weight is 347 g/mol. The zero-order valence-electron chi connectivity index (χ0n) is 13.6. The molecule has 0 spiro atoms. The van der Waals surface area contributed by atoms with Crippen molar-refractivity contribution in [1.82, 2.24) is 5.32 Å². The zero-order chi connectivity index (χ0) is 17.1. The standard InChI is InChI=1S/C15H23ClN2O3S/c1-6-11(3)17-15(19)12(4)18(22(5,20)21)14-9-13(16)8-7-10(14)2/h7-9,11-12H,6H2,1-5H3,(H,17,19)/t11-,12-/m0/s1. The second-order valence-electron chi connectivity index (χ2n) is 5.48. The number of benzene rings is 1. The SMILES string of the molecule is CC[C@H](C)NC(=O)[C@H](C)N(c1cc(Cl)ccc1C)S(C)(=O)=O. The number of carbonyl (C=O) groups excluding carboxylic acids is 1. The number of nitrogens with one attached hydrogen (secondary N) is 1. The molecule has 0 unspecified atom stereocenters. The number of carbonyl (C=O) groups is 1. The van der Waals surface area contributed by atoms with Crippen molar-refractivity contribution in [3.05, 3.63) is 28.8 Å². The van der Waals surface area contributed by atoms with Gasteiger partial charge in [0.1, 0.15) is 6.04 Å². The molecule has 0 fully saturated rings. The van der Waals surface area contributed by atoms with Crippen LogP contribution in [-0.2, 0) is 14.8 Å². The van der Waals surface area contributed by atoms with Crippen molar-refractivity contribution in [1.29, 1.82) is 0 Å². The summed E-state index contributed by atoms with van der Waals surface area (Å²) in [7, 11) is -3.63. The van der Waals surface area contributed by atoms with E-state index in [1.165, 1.54) is 0 Å². The van der Waals surface area contributed by atoms with Gasteiger partial charge in [-0.25, -0.2) is 8.42 Å². The number of hydrogen-bond acceptors (Lipinski definition) is 3. The Morgan fingerprint density at radius 2 is 1.95 bits per heavy atom. The Kier molecular flexibility index (Phi) is 6.26. The number of aryl methyl sites for hydroxylation is 1. The second-order valence-corrected chi connectivity index (χ2v) is 7.78. The lowest BCUT2D eigenvalue weighted by Gasteiger charge is -2.30. The number of amides is 1. The lowest BCUT2D eigenvalue weighted by Crippen LogP contribution is -2.50. The van der Waals surface area contributed by atoms with Crippen LogP contribution in [0.5, 0.6) is 0 Å². The van der Waals surface area contributed by atoms with Crippen molar-refractivity contribution in [2.24, 2.45) is 0 Å². The molecule has 1 amide bonds. The van der Waals surface area contributed by atoms with Gasteiger partial charge in [0.25, 0.3) is 0 Å². The first-order chi connectivity index (χ1) is 10.1. The smallest absolute Gasteiger partial charge is 0.243 e. The van der Waals surface area contributed by atoms with Gasteiger partial charge in [0.05, 0.1) is 11.9 Å². The summed E-state index contributed by atoms with van der Waals surface area (Å²) in [6.07, 6.45) is 1.86. The molecule has 0 heterocycles. The first-order valence-corrected chi connectivity index (χ1v) is 9.36. The third-order valence-corrected chi connectivity index (χ3v) is 4.96. The Bertz CT molecular complexity index is 646. The average Bonchev–Trinajstić information content (AvgIpc) is 2.41. The first kappa shape index (κ1) is 18.8. The predicted octanol–water partition coefficient (Wildman–Crippen LogP) is 2.72. The summed E-state index contributed by atoms with van der Waals surface area (Å²) in [4.78, 5) is 12.3. The van der Waals surface area contributed by atoms with E-state index in [-0.39, 0.29) is 11.9 Å². The Labute approximate surface area is 137 Å². The van der Waals surface area contributed by atoms with Gasteiger partial charge in [-0.1, -0.05) is 24.6 Å². The fraction of sp³-hybridized carbons (Fsp3) is 0.533. The molecule has 0 saturated heterocycles. The van der Waals surface area contributed by atoms with E-state index >= 15 is 0 Å². The number of hydrogen-bond donors (Lipinski definition) is 1. The molecule has 22 heavy (non-hydrogen) atoms. The van der Waals surface area contributed by atoms with E-state index in [2.05, 4.69) is 5.32 Å². The first-order valence-electron chi connectivity index (χ1n) is 7.13. The van der Waals surface area contributed by atoms with Gasteiger partial charge < -0.3 is 5.32 Å². The molecule has 0 aromatic heterocycles. The number of nitrogens with zero attached hydrogens (tertiary/aromatic N) is 1. The maximum atomic E-state index is 12.3. The van der Waals surface area contributed by atoms with Gasteiger partial charge in [0.15, 0.2) is 0 Å². The molecule has 5 nitrogen and oxygen atoms in total. The summed E-state index contributed by atoms with van der Waals surface area (Å²) < 4.78 is 25.5. The molecule has 124 valence electrons. The van der Waals surface area contributed by atoms with Crippen molar-refractivity contribution >= 4 is 33.2 Å². The van der Waals surface area contributed by atoms with E-state index < -0.39 is 16.1 Å². The maximum Gasteiger partial charge on any atom is 0.243 e. The molecule has 0 aliphatic rings. The van der Waals surface area contributed by atoms with Crippen molar-refractivity contribution in [2.75, 3.05) is 10.6 Å². The number of anilines is 1. The Morgan fingerprint density at radius 3 is 2.45 bits per heavy atom. The topological polar surface area (TPSA) is 66.5 Å². The van der Waals surface area contributed by atoms with Crippen LogP contribution >= 0.6 is 11.6 Å². The summed E-state index contributed by atoms with van der Waals surface area (Å²) in [6.45, 7) is 7.17. The fourth-order valence-electron chi connectivity index (χ4n) is 2.07. The quantitative estimate of drug-likeness (QED) is 0.861. The van der Waals surface area contributed by atoms with Crippen molar-refractivity contribution in [3.63, 3.8) is 0 Å². The van der Waals surface area contributed by atoms with Crippen LogP contribution in [0.25, 0.3) is 0 Å². The molecule has 0 radical (unpaired) electrons. The zero-order valence-corrected chi connectivity index (χ0v) is 15.1. The molecular formula is C15H23ClN2O3S. The van der Waals surface area contributed by atoms with Gasteiger partial charge in [-0.3, -0.25) is 9.10 Å². The predicted molar refractivity (Wildman–Crippen MR) is 90.9 cm³/mol. The van der Waals surface area contributed by atoms with Crippen LogP contribution in [0.15, 0.2) is 18.2 Å². The van der Waals surface area contributed by atoms with E-state index in [9.17, 15) is 13.2 Å². The summed E-state index contributed by atoms with van der Waals surface area (Å²) in [5.74, 6) is -0.334. The van der Waals surface area contributed by atoms with E-state index in [1.54, 1.807) is 32.0 Å². The second kappa shape index (κ2) is 7.33. The molecule has 0 aliphatic carbocycles. The monoisotopic (exact) mass is 346 g/mol. The molecule has 2 atom stereocenters. The van der Waals surface area contributed by atoms with Gasteiger partial charge in [-0.05, 0) is 44.9 Å². The van der Waals surface area contributed by atoms with Crippen LogP contribution < -0.4 is 9.62 Å².